The standard InChI is InChI=1S/C14H20N2O4/c1-16(14(19)15-9-8-13(17)18)10-5-11-20-12-6-3-2-4-7-12/h2-4,6-7H,5,8-11H2,1H3,(H,15,19)(H,17,18). The molecule has 0 bridgehead atoms. The Kier molecular flexibility index (Phi) is 6.95. The van der Waals surface area contributed by atoms with Crippen molar-refractivity contribution >= 4 is 12.0 Å². The second kappa shape index (κ2) is 8.79. The van der Waals surface area contributed by atoms with Gasteiger partial charge in [-0.05, 0) is 18.6 Å². The summed E-state index contributed by atoms with van der Waals surface area (Å²) in [5.41, 5.74) is 0. The Morgan fingerprint density at radius 1 is 1.30 bits per heavy atom. The van der Waals surface area contributed by atoms with Gasteiger partial charge < -0.3 is 20.1 Å². The molecule has 0 fully saturated rings. The monoisotopic (exact) mass is 280 g/mol. The van der Waals surface area contributed by atoms with Crippen molar-refractivity contribution in [2.75, 3.05) is 26.7 Å². The van der Waals surface area contributed by atoms with Gasteiger partial charge in [0.05, 0.1) is 13.0 Å². The molecule has 0 aliphatic carbocycles. The van der Waals surface area contributed by atoms with E-state index in [9.17, 15) is 9.59 Å². The number of amides is 2. The number of rotatable bonds is 8. The second-order valence-electron chi connectivity index (χ2n) is 4.31. The van der Waals surface area contributed by atoms with Crippen LogP contribution in [0.1, 0.15) is 12.8 Å². The Hall–Kier alpha value is -2.24. The van der Waals surface area contributed by atoms with Gasteiger partial charge in [0, 0.05) is 20.1 Å². The Morgan fingerprint density at radius 2 is 2.00 bits per heavy atom. The first-order chi connectivity index (χ1) is 9.59. The molecule has 0 saturated carbocycles. The molecule has 20 heavy (non-hydrogen) atoms. The summed E-state index contributed by atoms with van der Waals surface area (Å²) in [6.07, 6.45) is 0.633. The predicted octanol–water partition coefficient (Wildman–Crippen LogP) is 1.57. The number of nitrogens with one attached hydrogen (secondary N) is 1. The van der Waals surface area contributed by atoms with E-state index in [2.05, 4.69) is 5.32 Å². The van der Waals surface area contributed by atoms with E-state index in [0.29, 0.717) is 19.6 Å². The smallest absolute Gasteiger partial charge is 0.317 e. The third kappa shape index (κ3) is 6.63. The maximum absolute atomic E-state index is 11.6. The molecule has 0 aliphatic heterocycles. The van der Waals surface area contributed by atoms with E-state index in [1.807, 2.05) is 30.3 Å². The van der Waals surface area contributed by atoms with Gasteiger partial charge in [0.2, 0.25) is 0 Å². The molecule has 0 radical (unpaired) electrons. The van der Waals surface area contributed by atoms with Crippen molar-refractivity contribution in [3.05, 3.63) is 30.3 Å². The summed E-state index contributed by atoms with van der Waals surface area (Å²) in [7, 11) is 1.67. The molecule has 2 N–H and O–H groups in total. The van der Waals surface area contributed by atoms with Gasteiger partial charge in [0.15, 0.2) is 0 Å². The van der Waals surface area contributed by atoms with Crippen LogP contribution in [0, 0.1) is 0 Å². The van der Waals surface area contributed by atoms with E-state index in [-0.39, 0.29) is 19.0 Å². The van der Waals surface area contributed by atoms with E-state index in [1.54, 1.807) is 7.05 Å². The van der Waals surface area contributed by atoms with Gasteiger partial charge in [-0.2, -0.15) is 0 Å². The van der Waals surface area contributed by atoms with Crippen LogP contribution in [-0.2, 0) is 4.79 Å². The molecule has 1 aromatic carbocycles. The molecule has 6 heteroatoms. The van der Waals surface area contributed by atoms with E-state index in [1.165, 1.54) is 4.90 Å². The average molecular weight is 280 g/mol. The molecule has 0 saturated heterocycles. The van der Waals surface area contributed by atoms with Crippen molar-refractivity contribution in [2.24, 2.45) is 0 Å². The Bertz CT molecular complexity index is 422. The van der Waals surface area contributed by atoms with Crippen LogP contribution >= 0.6 is 0 Å². The Balaban J connectivity index is 2.11. The highest BCUT2D eigenvalue weighted by Crippen LogP contribution is 2.08. The van der Waals surface area contributed by atoms with E-state index in [0.717, 1.165) is 5.75 Å². The summed E-state index contributed by atoms with van der Waals surface area (Å²) in [6, 6.07) is 9.20. The minimum Gasteiger partial charge on any atom is -0.494 e. The minimum absolute atomic E-state index is 0.0727. The molecule has 0 spiro atoms. The van der Waals surface area contributed by atoms with E-state index < -0.39 is 5.97 Å². The Labute approximate surface area is 118 Å². The number of carbonyl (C=O) groups excluding carboxylic acids is 1. The van der Waals surface area contributed by atoms with Gasteiger partial charge in [0.1, 0.15) is 5.75 Å². The number of ether oxygens (including phenoxy) is 1. The van der Waals surface area contributed by atoms with Crippen LogP contribution in [-0.4, -0.2) is 48.8 Å². The number of para-hydroxylation sites is 1. The predicted molar refractivity (Wildman–Crippen MR) is 74.8 cm³/mol. The molecule has 0 atom stereocenters. The van der Waals surface area contributed by atoms with Crippen molar-refractivity contribution < 1.29 is 19.4 Å². The SMILES string of the molecule is CN(CCCOc1ccccc1)C(=O)NCCC(=O)O. The van der Waals surface area contributed by atoms with Crippen LogP contribution in [0.25, 0.3) is 0 Å². The fourth-order valence-corrected chi connectivity index (χ4v) is 1.52. The minimum atomic E-state index is -0.927. The van der Waals surface area contributed by atoms with Crippen LogP contribution in [0.5, 0.6) is 5.75 Å². The largest absolute Gasteiger partial charge is 0.494 e. The van der Waals surface area contributed by atoms with Crippen LogP contribution in [0.4, 0.5) is 4.79 Å². The summed E-state index contributed by atoms with van der Waals surface area (Å²) in [5, 5.41) is 11.0. The third-order valence-electron chi connectivity index (χ3n) is 2.61. The molecule has 2 amide bonds. The highest BCUT2D eigenvalue weighted by atomic mass is 16.5. The molecule has 0 aromatic heterocycles. The topological polar surface area (TPSA) is 78.9 Å². The van der Waals surface area contributed by atoms with Crippen molar-refractivity contribution in [1.82, 2.24) is 10.2 Å². The van der Waals surface area contributed by atoms with Crippen LogP contribution < -0.4 is 10.1 Å². The highest BCUT2D eigenvalue weighted by molar-refractivity contribution is 5.74. The lowest BCUT2D eigenvalue weighted by molar-refractivity contribution is -0.136. The van der Waals surface area contributed by atoms with Gasteiger partial charge in [-0.3, -0.25) is 4.79 Å². The van der Waals surface area contributed by atoms with E-state index >= 15 is 0 Å². The molecule has 1 rings (SSSR count). The third-order valence-corrected chi connectivity index (χ3v) is 2.61. The molecular weight excluding hydrogens is 260 g/mol. The normalized spacial score (nSPS) is 9.85. The van der Waals surface area contributed by atoms with Crippen LogP contribution in [0.3, 0.4) is 0 Å². The molecule has 0 aliphatic rings. The number of benzene rings is 1. The van der Waals surface area contributed by atoms with Gasteiger partial charge in [-0.25, -0.2) is 4.79 Å². The van der Waals surface area contributed by atoms with Crippen LogP contribution in [0.2, 0.25) is 0 Å². The van der Waals surface area contributed by atoms with Gasteiger partial charge in [-0.15, -0.1) is 0 Å². The van der Waals surface area contributed by atoms with Crippen molar-refractivity contribution in [3.8, 4) is 5.75 Å². The van der Waals surface area contributed by atoms with Crippen molar-refractivity contribution in [3.63, 3.8) is 0 Å². The fourth-order valence-electron chi connectivity index (χ4n) is 1.52. The van der Waals surface area contributed by atoms with Gasteiger partial charge in [-0.1, -0.05) is 18.2 Å². The fraction of sp³-hybridized carbons (Fsp3) is 0.429. The zero-order chi connectivity index (χ0) is 14.8. The van der Waals surface area contributed by atoms with Crippen LogP contribution in [0.15, 0.2) is 30.3 Å². The molecule has 110 valence electrons. The highest BCUT2D eigenvalue weighted by Gasteiger charge is 2.08. The first-order valence-electron chi connectivity index (χ1n) is 6.48. The molecule has 0 unspecified atom stereocenters. The first kappa shape index (κ1) is 15.8. The zero-order valence-electron chi connectivity index (χ0n) is 11.5. The molecule has 1 aromatic rings. The zero-order valence-corrected chi connectivity index (χ0v) is 11.5. The number of aliphatic carboxylic acids is 1. The van der Waals surface area contributed by atoms with Crippen molar-refractivity contribution in [2.45, 2.75) is 12.8 Å². The lowest BCUT2D eigenvalue weighted by Gasteiger charge is -2.17. The number of urea groups is 1. The maximum atomic E-state index is 11.6. The summed E-state index contributed by atoms with van der Waals surface area (Å²) >= 11 is 0. The van der Waals surface area contributed by atoms with Gasteiger partial charge >= 0.3 is 12.0 Å². The number of nitrogens with zero attached hydrogens (tertiary/aromatic N) is 1. The number of carboxylic acids is 1. The molecule has 0 heterocycles. The summed E-state index contributed by atoms with van der Waals surface area (Å²) in [6.45, 7) is 1.21. The lowest BCUT2D eigenvalue weighted by atomic mass is 10.3. The maximum Gasteiger partial charge on any atom is 0.317 e. The molecule has 6 nitrogen and oxygen atoms in total. The van der Waals surface area contributed by atoms with Gasteiger partial charge in [0.25, 0.3) is 0 Å². The first-order valence-corrected chi connectivity index (χ1v) is 6.48. The lowest BCUT2D eigenvalue weighted by Crippen LogP contribution is -2.39. The number of hydrogen-bond acceptors (Lipinski definition) is 3. The number of hydrogen-bond donors (Lipinski definition) is 2. The molecular formula is C14H20N2O4. The summed E-state index contributed by atoms with van der Waals surface area (Å²) < 4.78 is 5.51. The Morgan fingerprint density at radius 3 is 2.65 bits per heavy atom. The summed E-state index contributed by atoms with van der Waals surface area (Å²) in [4.78, 5) is 23.4. The van der Waals surface area contributed by atoms with Crippen molar-refractivity contribution in [1.29, 1.82) is 0 Å². The number of carboxylic acid groups (broad SMARTS) is 1. The quantitative estimate of drug-likeness (QED) is 0.708. The average Bonchev–Trinajstić information content (AvgIpc) is 2.44. The number of carbonyl (C=O) groups is 2. The second-order valence-corrected chi connectivity index (χ2v) is 4.31. The summed E-state index contributed by atoms with van der Waals surface area (Å²) in [5.74, 6) is -0.120. The van der Waals surface area contributed by atoms with E-state index in [4.69, 9.17) is 9.84 Å².